The van der Waals surface area contributed by atoms with Crippen molar-refractivity contribution in [1.29, 1.82) is 0 Å². The van der Waals surface area contributed by atoms with Crippen LogP contribution in [0.1, 0.15) is 24.1 Å². The lowest BCUT2D eigenvalue weighted by Crippen LogP contribution is -2.26. The van der Waals surface area contributed by atoms with Crippen molar-refractivity contribution in [2.45, 2.75) is 31.6 Å². The van der Waals surface area contributed by atoms with Gasteiger partial charge in [0.1, 0.15) is 17.2 Å². The minimum absolute atomic E-state index is 0.167. The van der Waals surface area contributed by atoms with Gasteiger partial charge in [-0.3, -0.25) is 9.88 Å². The molecule has 10 heteroatoms. The molecule has 3 heterocycles. The van der Waals surface area contributed by atoms with Gasteiger partial charge < -0.3 is 5.32 Å². The second-order valence-corrected chi connectivity index (χ2v) is 8.96. The number of aromatic nitrogens is 3. The van der Waals surface area contributed by atoms with Gasteiger partial charge in [0.2, 0.25) is 0 Å². The number of halogens is 5. The summed E-state index contributed by atoms with van der Waals surface area (Å²) < 4.78 is 69.0. The Morgan fingerprint density at radius 1 is 0.971 bits per heavy atom. The summed E-state index contributed by atoms with van der Waals surface area (Å²) >= 11 is 0. The van der Waals surface area contributed by atoms with E-state index in [4.69, 9.17) is 0 Å². The average molecular weight is 475 g/mol. The molecule has 0 amide bonds. The van der Waals surface area contributed by atoms with Crippen molar-refractivity contribution in [2.24, 2.45) is 11.8 Å². The zero-order chi connectivity index (χ0) is 23.9. The van der Waals surface area contributed by atoms with Crippen molar-refractivity contribution < 1.29 is 22.0 Å². The fourth-order valence-corrected chi connectivity index (χ4v) is 5.10. The van der Waals surface area contributed by atoms with Gasteiger partial charge in [-0.25, -0.2) is 8.78 Å². The molecule has 0 unspecified atom stereocenters. The quantitative estimate of drug-likeness (QED) is 0.517. The molecule has 2 fully saturated rings. The Morgan fingerprint density at radius 3 is 2.41 bits per heavy atom. The molecule has 0 radical (unpaired) electrons. The largest absolute Gasteiger partial charge is 0.420 e. The molecule has 34 heavy (non-hydrogen) atoms. The third-order valence-electron chi connectivity index (χ3n) is 6.58. The van der Waals surface area contributed by atoms with E-state index in [0.717, 1.165) is 62.4 Å². The maximum atomic E-state index is 14.1. The van der Waals surface area contributed by atoms with Gasteiger partial charge in [0.25, 0.3) is 0 Å². The average Bonchev–Trinajstić information content (AvgIpc) is 3.33. The highest BCUT2D eigenvalue weighted by Crippen LogP contribution is 2.41. The molecule has 1 aromatic carbocycles. The van der Waals surface area contributed by atoms with E-state index < -0.39 is 23.4 Å². The minimum atomic E-state index is -4.73. The first-order valence-electron chi connectivity index (χ1n) is 11.1. The van der Waals surface area contributed by atoms with E-state index in [-0.39, 0.29) is 23.1 Å². The molecule has 3 aromatic rings. The second kappa shape index (κ2) is 8.90. The minimum Gasteiger partial charge on any atom is -0.365 e. The summed E-state index contributed by atoms with van der Waals surface area (Å²) in [6, 6.07) is 8.90. The molecule has 0 bridgehead atoms. The molecular formula is C24H22F5N5. The number of nitrogens with one attached hydrogen (secondary N) is 1. The van der Waals surface area contributed by atoms with Crippen LogP contribution in [-0.2, 0) is 12.7 Å². The SMILES string of the molecule is Fc1ccc(F)c(-c2cc(C(F)(F)F)c(N[C@H]3C[C@@H]4CN(Cc5ccccn5)C[C@@H]4C3)nn2)c1. The standard InChI is InChI=1S/C24H22F5N5/c25-16-4-5-21(26)19(9-16)22-10-20(24(27,28)29)23(33-32-22)31-18-7-14-11-34(12-15(14)8-18)13-17-3-1-2-6-30-17/h1-6,9-10,14-15,18H,7-8,11-13H2,(H,31,33)/t14-,15+,18+. The second-order valence-electron chi connectivity index (χ2n) is 8.96. The summed E-state index contributed by atoms with van der Waals surface area (Å²) in [4.78, 5) is 6.69. The third kappa shape index (κ3) is 4.72. The Bertz CT molecular complexity index is 1160. The summed E-state index contributed by atoms with van der Waals surface area (Å²) in [5, 5.41) is 10.4. The number of rotatable bonds is 5. The van der Waals surface area contributed by atoms with Crippen LogP contribution in [0.2, 0.25) is 0 Å². The van der Waals surface area contributed by atoms with Gasteiger partial charge in [0.05, 0.1) is 11.4 Å². The summed E-state index contributed by atoms with van der Waals surface area (Å²) in [5.41, 5.74) is -0.789. The number of alkyl halides is 3. The van der Waals surface area contributed by atoms with Crippen LogP contribution >= 0.6 is 0 Å². The van der Waals surface area contributed by atoms with Crippen LogP contribution in [0, 0.1) is 23.5 Å². The molecule has 5 rings (SSSR count). The molecule has 1 saturated heterocycles. The van der Waals surface area contributed by atoms with E-state index in [0.29, 0.717) is 11.8 Å². The summed E-state index contributed by atoms with van der Waals surface area (Å²) in [7, 11) is 0. The molecule has 3 atom stereocenters. The molecule has 178 valence electrons. The monoisotopic (exact) mass is 475 g/mol. The number of anilines is 1. The van der Waals surface area contributed by atoms with Crippen LogP contribution in [0.3, 0.4) is 0 Å². The number of hydrogen-bond donors (Lipinski definition) is 1. The van der Waals surface area contributed by atoms with Crippen LogP contribution in [-0.4, -0.2) is 39.2 Å². The first-order chi connectivity index (χ1) is 16.3. The normalized spacial score (nSPS) is 22.7. The van der Waals surface area contributed by atoms with Crippen LogP contribution in [0.4, 0.5) is 27.8 Å². The van der Waals surface area contributed by atoms with Gasteiger partial charge in [-0.15, -0.1) is 10.2 Å². The summed E-state index contributed by atoms with van der Waals surface area (Å²) in [5.74, 6) is -1.27. The van der Waals surface area contributed by atoms with Crippen LogP contribution in [0.5, 0.6) is 0 Å². The highest BCUT2D eigenvalue weighted by molar-refractivity contribution is 5.63. The smallest absolute Gasteiger partial charge is 0.365 e. The molecular weight excluding hydrogens is 453 g/mol. The fourth-order valence-electron chi connectivity index (χ4n) is 5.10. The predicted molar refractivity (Wildman–Crippen MR) is 116 cm³/mol. The van der Waals surface area contributed by atoms with E-state index in [2.05, 4.69) is 25.4 Å². The molecule has 1 N–H and O–H groups in total. The molecule has 2 aromatic heterocycles. The molecule has 1 aliphatic carbocycles. The Morgan fingerprint density at radius 2 is 1.74 bits per heavy atom. The Labute approximate surface area is 193 Å². The lowest BCUT2D eigenvalue weighted by atomic mass is 10.0. The molecule has 0 spiro atoms. The van der Waals surface area contributed by atoms with Crippen molar-refractivity contribution in [3.05, 3.63) is 71.6 Å². The number of fused-ring (bicyclic) bond motifs is 1. The maximum absolute atomic E-state index is 14.1. The maximum Gasteiger partial charge on any atom is 0.420 e. The Kier molecular flexibility index (Phi) is 5.93. The lowest BCUT2D eigenvalue weighted by Gasteiger charge is -2.21. The van der Waals surface area contributed by atoms with Gasteiger partial charge >= 0.3 is 6.18 Å². The van der Waals surface area contributed by atoms with E-state index in [1.54, 1.807) is 6.20 Å². The van der Waals surface area contributed by atoms with Gasteiger partial charge in [0.15, 0.2) is 5.82 Å². The van der Waals surface area contributed by atoms with E-state index in [1.165, 1.54) is 0 Å². The van der Waals surface area contributed by atoms with Gasteiger partial charge in [-0.1, -0.05) is 6.07 Å². The molecule has 1 aliphatic heterocycles. The van der Waals surface area contributed by atoms with E-state index in [9.17, 15) is 22.0 Å². The zero-order valence-corrected chi connectivity index (χ0v) is 18.1. The lowest BCUT2D eigenvalue weighted by molar-refractivity contribution is -0.137. The third-order valence-corrected chi connectivity index (χ3v) is 6.58. The number of pyridine rings is 1. The van der Waals surface area contributed by atoms with E-state index >= 15 is 0 Å². The fraction of sp³-hybridized carbons (Fsp3) is 0.375. The van der Waals surface area contributed by atoms with Crippen LogP contribution < -0.4 is 5.32 Å². The zero-order valence-electron chi connectivity index (χ0n) is 18.1. The van der Waals surface area contributed by atoms with Crippen molar-refractivity contribution in [3.63, 3.8) is 0 Å². The van der Waals surface area contributed by atoms with Gasteiger partial charge in [-0.2, -0.15) is 13.2 Å². The molecule has 1 saturated carbocycles. The Hall–Kier alpha value is -3.14. The van der Waals surface area contributed by atoms with Crippen molar-refractivity contribution in [1.82, 2.24) is 20.1 Å². The van der Waals surface area contributed by atoms with Crippen LogP contribution in [0.15, 0.2) is 48.7 Å². The van der Waals surface area contributed by atoms with Crippen molar-refractivity contribution in [2.75, 3.05) is 18.4 Å². The van der Waals surface area contributed by atoms with Gasteiger partial charge in [0, 0.05) is 37.4 Å². The van der Waals surface area contributed by atoms with Crippen molar-refractivity contribution >= 4 is 5.82 Å². The molecule has 2 aliphatic rings. The highest BCUT2D eigenvalue weighted by atomic mass is 19.4. The number of nitrogens with zero attached hydrogens (tertiary/aromatic N) is 4. The first kappa shape index (κ1) is 22.6. The number of likely N-dealkylation sites (tertiary alicyclic amines) is 1. The number of hydrogen-bond acceptors (Lipinski definition) is 5. The first-order valence-corrected chi connectivity index (χ1v) is 11.1. The highest BCUT2D eigenvalue weighted by Gasteiger charge is 2.42. The Balaban J connectivity index is 1.29. The summed E-state index contributed by atoms with van der Waals surface area (Å²) in [6.45, 7) is 2.50. The van der Waals surface area contributed by atoms with Crippen molar-refractivity contribution in [3.8, 4) is 11.3 Å². The van der Waals surface area contributed by atoms with E-state index in [1.807, 2.05) is 18.2 Å². The molecule has 5 nitrogen and oxygen atoms in total. The topological polar surface area (TPSA) is 53.9 Å². The predicted octanol–water partition coefficient (Wildman–Crippen LogP) is 5.16. The summed E-state index contributed by atoms with van der Waals surface area (Å²) in [6.07, 6.45) is -1.52. The van der Waals surface area contributed by atoms with Crippen LogP contribution in [0.25, 0.3) is 11.3 Å². The van der Waals surface area contributed by atoms with Gasteiger partial charge in [-0.05, 0) is 61.1 Å². The number of benzene rings is 1.